The van der Waals surface area contributed by atoms with Crippen molar-refractivity contribution in [1.82, 2.24) is 9.62 Å². The minimum Gasteiger partial charge on any atom is -0.497 e. The Labute approximate surface area is 184 Å². The Kier molecular flexibility index (Phi) is 7.56. The number of benzene rings is 2. The second-order valence-electron chi connectivity index (χ2n) is 7.69. The van der Waals surface area contributed by atoms with Crippen LogP contribution in [-0.2, 0) is 14.8 Å². The van der Waals surface area contributed by atoms with Crippen LogP contribution in [0.15, 0.2) is 47.4 Å². The van der Waals surface area contributed by atoms with E-state index in [0.717, 1.165) is 16.9 Å². The second kappa shape index (κ2) is 10.2. The van der Waals surface area contributed by atoms with Gasteiger partial charge in [-0.05, 0) is 68.1 Å². The standard InChI is InChI=1S/C23H30N2O5S/c1-17-5-4-6-22(18(17)2)30-16-13-24-23(26)19-11-14-25(15-12-19)31(27,28)21-9-7-20(29-3)8-10-21/h4-10,19H,11-16H2,1-3H3,(H,24,26). The van der Waals surface area contributed by atoms with E-state index in [1.54, 1.807) is 24.3 Å². The molecule has 0 bridgehead atoms. The molecule has 0 atom stereocenters. The number of sulfonamides is 1. The van der Waals surface area contributed by atoms with Gasteiger partial charge in [0.25, 0.3) is 0 Å². The van der Waals surface area contributed by atoms with E-state index in [-0.39, 0.29) is 16.7 Å². The number of rotatable bonds is 8. The third-order valence-corrected chi connectivity index (χ3v) is 7.65. The summed E-state index contributed by atoms with van der Waals surface area (Å²) in [6, 6.07) is 12.3. The molecule has 2 aromatic carbocycles. The Morgan fingerprint density at radius 3 is 2.42 bits per heavy atom. The van der Waals surface area contributed by atoms with Crippen LogP contribution in [0.5, 0.6) is 11.5 Å². The zero-order chi connectivity index (χ0) is 22.4. The first-order chi connectivity index (χ1) is 14.8. The number of nitrogens with zero attached hydrogens (tertiary/aromatic N) is 1. The summed E-state index contributed by atoms with van der Waals surface area (Å²) in [5, 5.41) is 2.91. The molecule has 168 valence electrons. The summed E-state index contributed by atoms with van der Waals surface area (Å²) in [5.41, 5.74) is 2.26. The van der Waals surface area contributed by atoms with E-state index in [0.29, 0.717) is 44.8 Å². The van der Waals surface area contributed by atoms with Gasteiger partial charge in [-0.1, -0.05) is 12.1 Å². The molecule has 1 saturated heterocycles. The van der Waals surface area contributed by atoms with Gasteiger partial charge in [-0.15, -0.1) is 0 Å². The molecule has 3 rings (SSSR count). The molecule has 1 aliphatic heterocycles. The van der Waals surface area contributed by atoms with E-state index in [4.69, 9.17) is 9.47 Å². The second-order valence-corrected chi connectivity index (χ2v) is 9.63. The molecule has 1 N–H and O–H groups in total. The maximum Gasteiger partial charge on any atom is 0.243 e. The number of hydrogen-bond donors (Lipinski definition) is 1. The zero-order valence-corrected chi connectivity index (χ0v) is 19.1. The third-order valence-electron chi connectivity index (χ3n) is 5.74. The molecule has 31 heavy (non-hydrogen) atoms. The molecule has 8 heteroatoms. The smallest absolute Gasteiger partial charge is 0.243 e. The third kappa shape index (κ3) is 5.57. The number of methoxy groups -OCH3 is 1. The summed E-state index contributed by atoms with van der Waals surface area (Å²) in [7, 11) is -2.03. The van der Waals surface area contributed by atoms with Crippen molar-refractivity contribution >= 4 is 15.9 Å². The Hall–Kier alpha value is -2.58. The highest BCUT2D eigenvalue weighted by Gasteiger charge is 2.32. The quantitative estimate of drug-likeness (QED) is 0.631. The van der Waals surface area contributed by atoms with Crippen LogP contribution in [0.4, 0.5) is 0 Å². The van der Waals surface area contributed by atoms with Crippen molar-refractivity contribution in [2.24, 2.45) is 5.92 Å². The van der Waals surface area contributed by atoms with Gasteiger partial charge in [-0.3, -0.25) is 4.79 Å². The fourth-order valence-electron chi connectivity index (χ4n) is 3.62. The van der Waals surface area contributed by atoms with E-state index >= 15 is 0 Å². The first-order valence-electron chi connectivity index (χ1n) is 10.4. The van der Waals surface area contributed by atoms with Crippen molar-refractivity contribution < 1.29 is 22.7 Å². The fraction of sp³-hybridized carbons (Fsp3) is 0.435. The molecule has 0 aliphatic carbocycles. The van der Waals surface area contributed by atoms with Gasteiger partial charge in [-0.25, -0.2) is 8.42 Å². The summed E-state index contributed by atoms with van der Waals surface area (Å²) in [6.07, 6.45) is 0.998. The molecule has 0 aromatic heterocycles. The lowest BCUT2D eigenvalue weighted by Gasteiger charge is -2.30. The summed E-state index contributed by atoms with van der Waals surface area (Å²) in [5.74, 6) is 1.19. The first-order valence-corrected chi connectivity index (χ1v) is 11.9. The van der Waals surface area contributed by atoms with E-state index < -0.39 is 10.0 Å². The Morgan fingerprint density at radius 1 is 1.10 bits per heavy atom. The molecule has 2 aromatic rings. The molecule has 0 saturated carbocycles. The monoisotopic (exact) mass is 446 g/mol. The van der Waals surface area contributed by atoms with Crippen LogP contribution in [0.2, 0.25) is 0 Å². The lowest BCUT2D eigenvalue weighted by molar-refractivity contribution is -0.126. The number of ether oxygens (including phenoxy) is 2. The number of hydrogen-bond acceptors (Lipinski definition) is 5. The van der Waals surface area contributed by atoms with Crippen LogP contribution < -0.4 is 14.8 Å². The van der Waals surface area contributed by atoms with Crippen molar-refractivity contribution in [3.8, 4) is 11.5 Å². The van der Waals surface area contributed by atoms with E-state index in [1.165, 1.54) is 11.4 Å². The SMILES string of the molecule is COc1ccc(S(=O)(=O)N2CCC(C(=O)NCCOc3cccc(C)c3C)CC2)cc1. The van der Waals surface area contributed by atoms with E-state index in [2.05, 4.69) is 5.32 Å². The number of nitrogens with one attached hydrogen (secondary N) is 1. The Balaban J connectivity index is 1.45. The molecule has 1 aliphatic rings. The molecule has 0 unspecified atom stereocenters. The van der Waals surface area contributed by atoms with Gasteiger partial charge in [0, 0.05) is 19.0 Å². The first kappa shape index (κ1) is 23.1. The minimum absolute atomic E-state index is 0.0499. The van der Waals surface area contributed by atoms with Gasteiger partial charge in [0.05, 0.1) is 18.6 Å². The van der Waals surface area contributed by atoms with Crippen LogP contribution in [0, 0.1) is 19.8 Å². The van der Waals surface area contributed by atoms with Crippen molar-refractivity contribution in [3.05, 3.63) is 53.6 Å². The number of aryl methyl sites for hydroxylation is 1. The molecular weight excluding hydrogens is 416 g/mol. The predicted octanol–water partition coefficient (Wildman–Crippen LogP) is 2.91. The molecule has 1 amide bonds. The number of piperidine rings is 1. The van der Waals surface area contributed by atoms with Gasteiger partial charge in [-0.2, -0.15) is 4.31 Å². The average Bonchev–Trinajstić information content (AvgIpc) is 2.79. The van der Waals surface area contributed by atoms with Crippen LogP contribution in [0.1, 0.15) is 24.0 Å². The van der Waals surface area contributed by atoms with Crippen molar-refractivity contribution in [2.75, 3.05) is 33.4 Å². The number of carbonyl (C=O) groups excluding carboxylic acids is 1. The van der Waals surface area contributed by atoms with Gasteiger partial charge in [0.15, 0.2) is 0 Å². The highest BCUT2D eigenvalue weighted by atomic mass is 32.2. The van der Waals surface area contributed by atoms with Crippen molar-refractivity contribution in [1.29, 1.82) is 0 Å². The normalized spacial score (nSPS) is 15.5. The van der Waals surface area contributed by atoms with E-state index in [1.807, 2.05) is 32.0 Å². The van der Waals surface area contributed by atoms with Crippen LogP contribution >= 0.6 is 0 Å². The highest BCUT2D eigenvalue weighted by molar-refractivity contribution is 7.89. The molecule has 0 spiro atoms. The van der Waals surface area contributed by atoms with Gasteiger partial charge in [0.2, 0.25) is 15.9 Å². The number of amides is 1. The summed E-state index contributed by atoms with van der Waals surface area (Å²) in [6.45, 7) is 5.50. The minimum atomic E-state index is -3.57. The summed E-state index contributed by atoms with van der Waals surface area (Å²) in [4.78, 5) is 12.7. The molecule has 0 radical (unpaired) electrons. The average molecular weight is 447 g/mol. The zero-order valence-electron chi connectivity index (χ0n) is 18.3. The summed E-state index contributed by atoms with van der Waals surface area (Å²) < 4.78 is 38.0. The number of carbonyl (C=O) groups is 1. The lowest BCUT2D eigenvalue weighted by Crippen LogP contribution is -2.43. The molecule has 1 heterocycles. The maximum absolute atomic E-state index is 12.8. The molecule has 7 nitrogen and oxygen atoms in total. The van der Waals surface area contributed by atoms with Gasteiger partial charge in [0.1, 0.15) is 18.1 Å². The maximum atomic E-state index is 12.8. The van der Waals surface area contributed by atoms with Gasteiger partial charge < -0.3 is 14.8 Å². The van der Waals surface area contributed by atoms with E-state index in [9.17, 15) is 13.2 Å². The Morgan fingerprint density at radius 2 is 1.77 bits per heavy atom. The fourth-order valence-corrected chi connectivity index (χ4v) is 5.08. The largest absolute Gasteiger partial charge is 0.497 e. The van der Waals surface area contributed by atoms with Crippen LogP contribution in [0.3, 0.4) is 0 Å². The molecular formula is C23H30N2O5S. The van der Waals surface area contributed by atoms with Crippen molar-refractivity contribution in [3.63, 3.8) is 0 Å². The summed E-state index contributed by atoms with van der Waals surface area (Å²) >= 11 is 0. The van der Waals surface area contributed by atoms with Crippen LogP contribution in [0.25, 0.3) is 0 Å². The molecule has 1 fully saturated rings. The van der Waals surface area contributed by atoms with Crippen LogP contribution in [-0.4, -0.2) is 52.0 Å². The van der Waals surface area contributed by atoms with Crippen molar-refractivity contribution in [2.45, 2.75) is 31.6 Å². The highest BCUT2D eigenvalue weighted by Crippen LogP contribution is 2.25. The van der Waals surface area contributed by atoms with Gasteiger partial charge >= 0.3 is 0 Å². The lowest BCUT2D eigenvalue weighted by atomic mass is 9.97. The predicted molar refractivity (Wildman–Crippen MR) is 119 cm³/mol. The Bertz CT molecular complexity index is 997. The topological polar surface area (TPSA) is 84.9 Å².